The predicted molar refractivity (Wildman–Crippen MR) is 54.7 cm³/mol. The fraction of sp³-hybridized carbons (Fsp3) is 0.909. The van der Waals surface area contributed by atoms with Crippen molar-refractivity contribution in [2.24, 2.45) is 5.92 Å². The van der Waals surface area contributed by atoms with Gasteiger partial charge in [0.2, 0.25) is 0 Å². The van der Waals surface area contributed by atoms with Crippen molar-refractivity contribution < 1.29 is 4.79 Å². The Balaban J connectivity index is 1.75. The molecule has 13 heavy (non-hydrogen) atoms. The molecule has 0 unspecified atom stereocenters. The summed E-state index contributed by atoms with van der Waals surface area (Å²) in [6, 6.07) is 0. The van der Waals surface area contributed by atoms with Gasteiger partial charge in [-0.05, 0) is 38.8 Å². The minimum absolute atomic E-state index is 0.306. The molecule has 2 heteroatoms. The molecule has 76 valence electrons. The fourth-order valence-electron chi connectivity index (χ4n) is 1.67. The largest absolute Gasteiger partial charge is 0.317 e. The Morgan fingerprint density at radius 1 is 1.38 bits per heavy atom. The van der Waals surface area contributed by atoms with Gasteiger partial charge in [0.05, 0.1) is 0 Å². The minimum atomic E-state index is 0.306. The first kappa shape index (κ1) is 10.7. The van der Waals surface area contributed by atoms with Gasteiger partial charge in [-0.1, -0.05) is 19.3 Å². The quantitative estimate of drug-likeness (QED) is 0.613. The highest BCUT2D eigenvalue weighted by Crippen LogP contribution is 2.28. The minimum Gasteiger partial charge on any atom is -0.317 e. The molecule has 0 aromatic carbocycles. The lowest BCUT2D eigenvalue weighted by Crippen LogP contribution is -2.22. The molecule has 0 heterocycles. The van der Waals surface area contributed by atoms with Crippen molar-refractivity contribution in [3.8, 4) is 0 Å². The van der Waals surface area contributed by atoms with Crippen LogP contribution in [0.4, 0.5) is 0 Å². The lowest BCUT2D eigenvalue weighted by molar-refractivity contribution is -0.117. The Kier molecular flexibility index (Phi) is 5.06. The summed E-state index contributed by atoms with van der Waals surface area (Å²) < 4.78 is 0. The van der Waals surface area contributed by atoms with E-state index in [0.29, 0.717) is 5.78 Å². The van der Waals surface area contributed by atoms with Crippen LogP contribution >= 0.6 is 0 Å². The number of Topliss-reactive ketones (excluding diaryl/α,β-unsaturated/α-hetero) is 1. The van der Waals surface area contributed by atoms with E-state index in [1.54, 1.807) is 6.92 Å². The summed E-state index contributed by atoms with van der Waals surface area (Å²) in [6.07, 6.45) is 7.38. The van der Waals surface area contributed by atoms with Crippen LogP contribution in [0.15, 0.2) is 0 Å². The number of carbonyl (C=O) groups excluding carboxylic acids is 1. The predicted octanol–water partition coefficient (Wildman–Crippen LogP) is 2.14. The second-order valence-corrected chi connectivity index (χ2v) is 4.14. The molecule has 0 aromatic rings. The standard InChI is InChI=1S/C11H21NO/c1-10(13)4-3-8-12-9-7-11-5-2-6-11/h11-12H,2-9H2,1H3. The monoisotopic (exact) mass is 183 g/mol. The molecule has 0 saturated heterocycles. The van der Waals surface area contributed by atoms with Crippen LogP contribution in [0.5, 0.6) is 0 Å². The SMILES string of the molecule is CC(=O)CCCNCCC1CCC1. The first-order valence-corrected chi connectivity index (χ1v) is 5.49. The molecule has 0 spiro atoms. The number of hydrogen-bond acceptors (Lipinski definition) is 2. The highest BCUT2D eigenvalue weighted by Gasteiger charge is 2.15. The van der Waals surface area contributed by atoms with Crippen molar-refractivity contribution in [3.05, 3.63) is 0 Å². The number of rotatable bonds is 7. The smallest absolute Gasteiger partial charge is 0.129 e. The number of carbonyl (C=O) groups is 1. The van der Waals surface area contributed by atoms with Crippen LogP contribution in [0, 0.1) is 5.92 Å². The van der Waals surface area contributed by atoms with Gasteiger partial charge in [0.1, 0.15) is 5.78 Å². The fourth-order valence-corrected chi connectivity index (χ4v) is 1.67. The van der Waals surface area contributed by atoms with Crippen LogP contribution in [-0.2, 0) is 4.79 Å². The number of ketones is 1. The molecule has 1 aliphatic carbocycles. The topological polar surface area (TPSA) is 29.1 Å². The van der Waals surface area contributed by atoms with E-state index in [9.17, 15) is 4.79 Å². The van der Waals surface area contributed by atoms with Gasteiger partial charge in [-0.25, -0.2) is 0 Å². The Morgan fingerprint density at radius 3 is 2.69 bits per heavy atom. The Hall–Kier alpha value is -0.370. The van der Waals surface area contributed by atoms with Gasteiger partial charge in [0.25, 0.3) is 0 Å². The summed E-state index contributed by atoms with van der Waals surface area (Å²) in [7, 11) is 0. The van der Waals surface area contributed by atoms with Crippen LogP contribution in [0.1, 0.15) is 45.4 Å². The summed E-state index contributed by atoms with van der Waals surface area (Å²) in [4.78, 5) is 10.6. The van der Waals surface area contributed by atoms with Gasteiger partial charge < -0.3 is 10.1 Å². The summed E-state index contributed by atoms with van der Waals surface area (Å²) >= 11 is 0. The molecule has 0 radical (unpaired) electrons. The van der Waals surface area contributed by atoms with Crippen LogP contribution < -0.4 is 5.32 Å². The Labute approximate surface area is 81.1 Å². The molecule has 0 bridgehead atoms. The van der Waals surface area contributed by atoms with Crippen molar-refractivity contribution in [2.75, 3.05) is 13.1 Å². The molecule has 0 amide bonds. The molecule has 1 aliphatic rings. The van der Waals surface area contributed by atoms with Gasteiger partial charge in [0, 0.05) is 6.42 Å². The van der Waals surface area contributed by atoms with Gasteiger partial charge in [-0.15, -0.1) is 0 Å². The van der Waals surface area contributed by atoms with E-state index in [0.717, 1.165) is 31.8 Å². The average Bonchev–Trinajstić information content (AvgIpc) is 1.99. The third-order valence-corrected chi connectivity index (χ3v) is 2.84. The van der Waals surface area contributed by atoms with E-state index in [2.05, 4.69) is 5.32 Å². The van der Waals surface area contributed by atoms with Crippen LogP contribution in [0.3, 0.4) is 0 Å². The van der Waals surface area contributed by atoms with Crippen molar-refractivity contribution in [1.82, 2.24) is 5.32 Å². The van der Waals surface area contributed by atoms with E-state index >= 15 is 0 Å². The molecule has 2 nitrogen and oxygen atoms in total. The van der Waals surface area contributed by atoms with E-state index in [4.69, 9.17) is 0 Å². The van der Waals surface area contributed by atoms with Crippen molar-refractivity contribution >= 4 is 5.78 Å². The maximum absolute atomic E-state index is 10.6. The summed E-state index contributed by atoms with van der Waals surface area (Å²) in [5.41, 5.74) is 0. The van der Waals surface area contributed by atoms with Gasteiger partial charge in [-0.2, -0.15) is 0 Å². The highest BCUT2D eigenvalue weighted by atomic mass is 16.1. The second-order valence-electron chi connectivity index (χ2n) is 4.14. The number of nitrogens with one attached hydrogen (secondary N) is 1. The molecule has 1 saturated carbocycles. The highest BCUT2D eigenvalue weighted by molar-refractivity contribution is 5.75. The Morgan fingerprint density at radius 2 is 2.15 bits per heavy atom. The van der Waals surface area contributed by atoms with Crippen molar-refractivity contribution in [2.45, 2.75) is 45.4 Å². The lowest BCUT2D eigenvalue weighted by atomic mass is 9.83. The third-order valence-electron chi connectivity index (χ3n) is 2.84. The molecule has 0 aliphatic heterocycles. The maximum atomic E-state index is 10.6. The van der Waals surface area contributed by atoms with Crippen molar-refractivity contribution in [3.63, 3.8) is 0 Å². The van der Waals surface area contributed by atoms with Gasteiger partial charge in [0.15, 0.2) is 0 Å². The molecular formula is C11H21NO. The van der Waals surface area contributed by atoms with Crippen LogP contribution in [0.2, 0.25) is 0 Å². The third kappa shape index (κ3) is 5.04. The normalized spacial score (nSPS) is 17.0. The molecule has 0 aromatic heterocycles. The summed E-state index contributed by atoms with van der Waals surface area (Å²) in [5.74, 6) is 1.31. The van der Waals surface area contributed by atoms with Crippen molar-refractivity contribution in [1.29, 1.82) is 0 Å². The molecule has 0 atom stereocenters. The maximum Gasteiger partial charge on any atom is 0.129 e. The first-order valence-electron chi connectivity index (χ1n) is 5.49. The number of hydrogen-bond donors (Lipinski definition) is 1. The van der Waals surface area contributed by atoms with Gasteiger partial charge in [-0.3, -0.25) is 0 Å². The molecule has 1 N–H and O–H groups in total. The van der Waals surface area contributed by atoms with E-state index in [1.165, 1.54) is 25.7 Å². The van der Waals surface area contributed by atoms with E-state index in [-0.39, 0.29) is 0 Å². The molecule has 1 fully saturated rings. The lowest BCUT2D eigenvalue weighted by Gasteiger charge is -2.25. The zero-order valence-corrected chi connectivity index (χ0v) is 8.64. The van der Waals surface area contributed by atoms with E-state index < -0.39 is 0 Å². The molecule has 1 rings (SSSR count). The zero-order valence-electron chi connectivity index (χ0n) is 8.64. The zero-order chi connectivity index (χ0) is 9.52. The molecular weight excluding hydrogens is 162 g/mol. The van der Waals surface area contributed by atoms with E-state index in [1.807, 2.05) is 0 Å². The van der Waals surface area contributed by atoms with Gasteiger partial charge >= 0.3 is 0 Å². The Bertz CT molecular complexity index is 152. The van der Waals surface area contributed by atoms with Crippen LogP contribution in [-0.4, -0.2) is 18.9 Å². The second kappa shape index (κ2) is 6.14. The summed E-state index contributed by atoms with van der Waals surface area (Å²) in [5, 5.41) is 3.39. The first-order chi connectivity index (χ1) is 6.29. The van der Waals surface area contributed by atoms with Crippen LogP contribution in [0.25, 0.3) is 0 Å². The summed E-state index contributed by atoms with van der Waals surface area (Å²) in [6.45, 7) is 3.81. The average molecular weight is 183 g/mol.